The Morgan fingerprint density at radius 2 is 1.76 bits per heavy atom. The third-order valence-electron chi connectivity index (χ3n) is 3.48. The Balaban J connectivity index is 1.98. The highest BCUT2D eigenvalue weighted by Gasteiger charge is 2.25. The van der Waals surface area contributed by atoms with Crippen molar-refractivity contribution in [2.75, 3.05) is 26.3 Å². The molecule has 0 spiro atoms. The quantitative estimate of drug-likeness (QED) is 0.894. The molecule has 0 radical (unpaired) electrons. The van der Waals surface area contributed by atoms with Gasteiger partial charge in [-0.3, -0.25) is 0 Å². The van der Waals surface area contributed by atoms with E-state index in [2.05, 4.69) is 36.8 Å². The molecule has 1 aliphatic rings. The number of nitrogens with one attached hydrogen (secondary N) is 1. The van der Waals surface area contributed by atoms with Gasteiger partial charge in [0.05, 0.1) is 13.2 Å². The summed E-state index contributed by atoms with van der Waals surface area (Å²) in [4.78, 5) is 0. The van der Waals surface area contributed by atoms with Crippen LogP contribution in [0.3, 0.4) is 0 Å². The smallest absolute Gasteiger partial charge is 0.279 e. The van der Waals surface area contributed by atoms with Gasteiger partial charge in [0, 0.05) is 19.1 Å². The van der Waals surface area contributed by atoms with Crippen molar-refractivity contribution >= 4 is 10.2 Å². The number of ether oxygens (including phenoxy) is 1. The Morgan fingerprint density at radius 3 is 2.33 bits per heavy atom. The van der Waals surface area contributed by atoms with Gasteiger partial charge in [0.1, 0.15) is 0 Å². The highest BCUT2D eigenvalue weighted by atomic mass is 32.2. The minimum atomic E-state index is -3.42. The van der Waals surface area contributed by atoms with Gasteiger partial charge in [-0.05, 0) is 32.8 Å². The third-order valence-corrected chi connectivity index (χ3v) is 5.23. The first-order valence-electron chi connectivity index (χ1n) is 7.29. The summed E-state index contributed by atoms with van der Waals surface area (Å²) < 4.78 is 34.0. The van der Waals surface area contributed by atoms with Gasteiger partial charge < -0.3 is 4.74 Å². The van der Waals surface area contributed by atoms with Crippen LogP contribution in [-0.4, -0.2) is 45.1 Å². The maximum atomic E-state index is 12.3. The molecule has 0 bridgehead atoms. The van der Waals surface area contributed by atoms with Gasteiger partial charge in [0.2, 0.25) is 0 Å². The van der Waals surface area contributed by atoms with Gasteiger partial charge >= 0.3 is 0 Å². The van der Waals surface area contributed by atoms with Crippen LogP contribution in [0.15, 0.2) is 18.2 Å². The van der Waals surface area contributed by atoms with Gasteiger partial charge in [0.25, 0.3) is 10.2 Å². The molecule has 0 aromatic heterocycles. The molecule has 118 valence electrons. The normalized spacial score (nSPS) is 18.6. The predicted molar refractivity (Wildman–Crippen MR) is 83.5 cm³/mol. The second kappa shape index (κ2) is 6.87. The number of aryl methyl sites for hydroxylation is 2. The number of benzene rings is 1. The topological polar surface area (TPSA) is 58.6 Å². The van der Waals surface area contributed by atoms with Gasteiger partial charge in [-0.15, -0.1) is 0 Å². The zero-order valence-corrected chi connectivity index (χ0v) is 13.7. The lowest BCUT2D eigenvalue weighted by Gasteiger charge is -2.27. The lowest BCUT2D eigenvalue weighted by atomic mass is 10.0. The first kappa shape index (κ1) is 16.4. The molecule has 1 atom stereocenters. The van der Waals surface area contributed by atoms with E-state index in [1.165, 1.54) is 15.4 Å². The van der Waals surface area contributed by atoms with Gasteiger partial charge in [-0.25, -0.2) is 0 Å². The molecule has 5 nitrogen and oxygen atoms in total. The van der Waals surface area contributed by atoms with E-state index in [1.807, 2.05) is 6.92 Å². The largest absolute Gasteiger partial charge is 0.379 e. The van der Waals surface area contributed by atoms with Crippen molar-refractivity contribution in [3.63, 3.8) is 0 Å². The first-order valence-corrected chi connectivity index (χ1v) is 8.73. The maximum absolute atomic E-state index is 12.3. The average molecular weight is 312 g/mol. The first-order chi connectivity index (χ1) is 9.87. The van der Waals surface area contributed by atoms with Crippen molar-refractivity contribution < 1.29 is 13.2 Å². The number of nitrogens with zero attached hydrogens (tertiary/aromatic N) is 1. The zero-order chi connectivity index (χ0) is 15.5. The zero-order valence-electron chi connectivity index (χ0n) is 12.9. The molecule has 1 heterocycles. The van der Waals surface area contributed by atoms with Crippen molar-refractivity contribution in [3.05, 3.63) is 34.9 Å². The van der Waals surface area contributed by atoms with E-state index in [1.54, 1.807) is 0 Å². The van der Waals surface area contributed by atoms with Crippen LogP contribution in [0.1, 0.15) is 23.6 Å². The SMILES string of the molecule is Cc1cc(C)cc(C[C@@H](C)NS(=O)(=O)N2CCOCC2)c1. The van der Waals surface area contributed by atoms with E-state index < -0.39 is 10.2 Å². The van der Waals surface area contributed by atoms with Gasteiger partial charge in [0.15, 0.2) is 0 Å². The fraction of sp³-hybridized carbons (Fsp3) is 0.600. The monoisotopic (exact) mass is 312 g/mol. The second-order valence-electron chi connectivity index (χ2n) is 5.74. The molecular formula is C15H24N2O3S. The predicted octanol–water partition coefficient (Wildman–Crippen LogP) is 1.40. The summed E-state index contributed by atoms with van der Waals surface area (Å²) in [7, 11) is -3.42. The van der Waals surface area contributed by atoms with E-state index in [-0.39, 0.29) is 6.04 Å². The summed E-state index contributed by atoms with van der Waals surface area (Å²) in [6.07, 6.45) is 0.687. The van der Waals surface area contributed by atoms with E-state index in [0.717, 1.165) is 5.56 Å². The lowest BCUT2D eigenvalue weighted by molar-refractivity contribution is 0.0723. The van der Waals surface area contributed by atoms with E-state index >= 15 is 0 Å². The molecule has 1 aromatic rings. The molecular weight excluding hydrogens is 288 g/mol. The van der Waals surface area contributed by atoms with Crippen LogP contribution >= 0.6 is 0 Å². The van der Waals surface area contributed by atoms with Crippen LogP contribution in [0.2, 0.25) is 0 Å². The average Bonchev–Trinajstić information content (AvgIpc) is 2.37. The molecule has 21 heavy (non-hydrogen) atoms. The minimum Gasteiger partial charge on any atom is -0.379 e. The van der Waals surface area contributed by atoms with E-state index in [9.17, 15) is 8.42 Å². The van der Waals surface area contributed by atoms with Crippen molar-refractivity contribution in [1.82, 2.24) is 9.03 Å². The lowest BCUT2D eigenvalue weighted by Crippen LogP contribution is -2.49. The molecule has 1 saturated heterocycles. The molecule has 0 aliphatic carbocycles. The Labute approximate surface area is 127 Å². The highest BCUT2D eigenvalue weighted by molar-refractivity contribution is 7.87. The number of hydrogen-bond donors (Lipinski definition) is 1. The second-order valence-corrected chi connectivity index (χ2v) is 7.44. The van der Waals surface area contributed by atoms with Gasteiger partial charge in [-0.2, -0.15) is 17.4 Å². The van der Waals surface area contributed by atoms with Gasteiger partial charge in [-0.1, -0.05) is 29.3 Å². The van der Waals surface area contributed by atoms with Crippen LogP contribution < -0.4 is 4.72 Å². The number of rotatable bonds is 5. The van der Waals surface area contributed by atoms with Crippen LogP contribution in [0.25, 0.3) is 0 Å². The molecule has 6 heteroatoms. The number of morpholine rings is 1. The summed E-state index contributed by atoms with van der Waals surface area (Å²) in [5.41, 5.74) is 3.56. The van der Waals surface area contributed by atoms with Crippen LogP contribution in [0.4, 0.5) is 0 Å². The Bertz CT molecular complexity index is 560. The fourth-order valence-corrected chi connectivity index (χ4v) is 4.07. The Kier molecular flexibility index (Phi) is 5.37. The van der Waals surface area contributed by atoms with Crippen molar-refractivity contribution in [3.8, 4) is 0 Å². The van der Waals surface area contributed by atoms with Crippen molar-refractivity contribution in [1.29, 1.82) is 0 Å². The molecule has 1 aliphatic heterocycles. The summed E-state index contributed by atoms with van der Waals surface area (Å²) in [5.74, 6) is 0. The molecule has 1 N–H and O–H groups in total. The molecule has 0 amide bonds. The summed E-state index contributed by atoms with van der Waals surface area (Å²) in [5, 5.41) is 0. The molecule has 1 aromatic carbocycles. The molecule has 0 unspecified atom stereocenters. The van der Waals surface area contributed by atoms with Crippen LogP contribution in [-0.2, 0) is 21.4 Å². The highest BCUT2D eigenvalue weighted by Crippen LogP contribution is 2.12. The number of hydrogen-bond acceptors (Lipinski definition) is 3. The standard InChI is InChI=1S/C15H24N2O3S/c1-12-8-13(2)10-15(9-12)11-14(3)16-21(18,19)17-4-6-20-7-5-17/h8-10,14,16H,4-7,11H2,1-3H3/t14-/m1/s1. The van der Waals surface area contributed by atoms with E-state index in [4.69, 9.17) is 4.74 Å². The Morgan fingerprint density at radius 1 is 1.19 bits per heavy atom. The fourth-order valence-electron chi connectivity index (χ4n) is 2.70. The maximum Gasteiger partial charge on any atom is 0.279 e. The summed E-state index contributed by atoms with van der Waals surface area (Å²) in [6.45, 7) is 7.78. The van der Waals surface area contributed by atoms with Crippen molar-refractivity contribution in [2.24, 2.45) is 0 Å². The van der Waals surface area contributed by atoms with Crippen LogP contribution in [0, 0.1) is 13.8 Å². The summed E-state index contributed by atoms with van der Waals surface area (Å²) in [6, 6.07) is 6.18. The van der Waals surface area contributed by atoms with Crippen molar-refractivity contribution in [2.45, 2.75) is 33.2 Å². The minimum absolute atomic E-state index is 0.140. The van der Waals surface area contributed by atoms with E-state index in [0.29, 0.717) is 32.7 Å². The third kappa shape index (κ3) is 4.78. The Hall–Kier alpha value is -0.950. The summed E-state index contributed by atoms with van der Waals surface area (Å²) >= 11 is 0. The molecule has 0 saturated carbocycles. The molecule has 2 rings (SSSR count). The van der Waals surface area contributed by atoms with Crippen LogP contribution in [0.5, 0.6) is 0 Å². The molecule has 1 fully saturated rings.